The zero-order valence-electron chi connectivity index (χ0n) is 19.7. The van der Waals surface area contributed by atoms with E-state index in [4.69, 9.17) is 4.74 Å². The summed E-state index contributed by atoms with van der Waals surface area (Å²) in [5.74, 6) is -0.0250. The highest BCUT2D eigenvalue weighted by molar-refractivity contribution is 5.82. The van der Waals surface area contributed by atoms with Gasteiger partial charge in [-0.1, -0.05) is 25.1 Å². The highest BCUT2D eigenvalue weighted by Crippen LogP contribution is 2.32. The van der Waals surface area contributed by atoms with Crippen LogP contribution in [0.25, 0.3) is 0 Å². The number of likely N-dealkylation sites (tertiary alicyclic amines) is 2. The first-order valence-electron chi connectivity index (χ1n) is 12.0. The second-order valence-corrected chi connectivity index (χ2v) is 9.04. The van der Waals surface area contributed by atoms with Crippen molar-refractivity contribution in [1.82, 2.24) is 20.4 Å². The van der Waals surface area contributed by atoms with Gasteiger partial charge in [0.15, 0.2) is 0 Å². The summed E-state index contributed by atoms with van der Waals surface area (Å²) in [4.78, 5) is 17.7. The molecule has 1 aromatic carbocycles. The van der Waals surface area contributed by atoms with Gasteiger partial charge in [0.05, 0.1) is 18.2 Å². The van der Waals surface area contributed by atoms with Crippen LogP contribution in [0.3, 0.4) is 0 Å². The Labute approximate surface area is 194 Å². The molecule has 0 aromatic heterocycles. The molecule has 0 bridgehead atoms. The Morgan fingerprint density at radius 2 is 1.94 bits per heavy atom. The third-order valence-corrected chi connectivity index (χ3v) is 6.72. The van der Waals surface area contributed by atoms with E-state index in [1.54, 1.807) is 13.2 Å². The molecule has 2 heterocycles. The molecule has 0 unspecified atom stereocenters. The molecule has 1 amide bonds. The molecule has 0 spiro atoms. The fourth-order valence-electron chi connectivity index (χ4n) is 5.06. The lowest BCUT2D eigenvalue weighted by Gasteiger charge is -2.39. The van der Waals surface area contributed by atoms with Crippen molar-refractivity contribution < 1.29 is 22.7 Å². The van der Waals surface area contributed by atoms with Gasteiger partial charge in [0.1, 0.15) is 0 Å². The maximum Gasteiger partial charge on any atom is 0.416 e. The normalized spacial score (nSPS) is 23.2. The van der Waals surface area contributed by atoms with E-state index in [2.05, 4.69) is 27.4 Å². The third kappa shape index (κ3) is 7.15. The van der Waals surface area contributed by atoms with Crippen LogP contribution in [0.15, 0.2) is 24.3 Å². The lowest BCUT2D eigenvalue weighted by Crippen LogP contribution is -2.51. The average molecular weight is 471 g/mol. The molecule has 33 heavy (non-hydrogen) atoms. The van der Waals surface area contributed by atoms with Crippen LogP contribution in [0, 0.1) is 0 Å². The van der Waals surface area contributed by atoms with E-state index in [-0.39, 0.29) is 30.1 Å². The van der Waals surface area contributed by atoms with E-state index < -0.39 is 11.7 Å². The van der Waals surface area contributed by atoms with Gasteiger partial charge in [-0.2, -0.15) is 13.2 Å². The second-order valence-electron chi connectivity index (χ2n) is 9.04. The molecule has 2 saturated heterocycles. The van der Waals surface area contributed by atoms with E-state index in [1.165, 1.54) is 12.1 Å². The summed E-state index contributed by atoms with van der Waals surface area (Å²) in [5.41, 5.74) is -0.373. The van der Waals surface area contributed by atoms with Crippen molar-refractivity contribution in [3.8, 4) is 0 Å². The predicted octanol–water partition coefficient (Wildman–Crippen LogP) is 2.87. The Morgan fingerprint density at radius 3 is 2.61 bits per heavy atom. The maximum atomic E-state index is 13.4. The van der Waals surface area contributed by atoms with Crippen molar-refractivity contribution in [2.75, 3.05) is 46.4 Å². The number of amides is 1. The number of nitrogens with one attached hydrogen (secondary N) is 2. The zero-order chi connectivity index (χ0) is 23.8. The van der Waals surface area contributed by atoms with Crippen LogP contribution in [0.4, 0.5) is 13.2 Å². The predicted molar refractivity (Wildman–Crippen MR) is 122 cm³/mol. The van der Waals surface area contributed by atoms with Gasteiger partial charge in [0.25, 0.3) is 0 Å². The number of hydrogen-bond donors (Lipinski definition) is 2. The fourth-order valence-corrected chi connectivity index (χ4v) is 5.06. The number of benzene rings is 1. The van der Waals surface area contributed by atoms with E-state index in [9.17, 15) is 18.0 Å². The summed E-state index contributed by atoms with van der Waals surface area (Å²) in [7, 11) is 1.59. The van der Waals surface area contributed by atoms with E-state index >= 15 is 0 Å². The van der Waals surface area contributed by atoms with Gasteiger partial charge < -0.3 is 20.3 Å². The van der Waals surface area contributed by atoms with Crippen molar-refractivity contribution >= 4 is 5.91 Å². The fraction of sp³-hybridized carbons (Fsp3) is 0.708. The van der Waals surface area contributed by atoms with Gasteiger partial charge in [-0.15, -0.1) is 0 Å². The number of methoxy groups -OCH3 is 1. The Hall–Kier alpha value is -1.68. The monoisotopic (exact) mass is 470 g/mol. The lowest BCUT2D eigenvalue weighted by atomic mass is 10.0. The summed E-state index contributed by atoms with van der Waals surface area (Å²) in [5, 5.41) is 6.26. The second kappa shape index (κ2) is 12.1. The number of halogens is 3. The minimum Gasteiger partial charge on any atom is -0.383 e. The molecule has 6 nitrogen and oxygen atoms in total. The Balaban J connectivity index is 1.65. The molecule has 0 saturated carbocycles. The molecule has 9 heteroatoms. The smallest absolute Gasteiger partial charge is 0.383 e. The number of carbonyl (C=O) groups is 1. The molecule has 2 N–H and O–H groups in total. The third-order valence-electron chi connectivity index (χ3n) is 6.72. The molecule has 186 valence electrons. The first-order valence-corrected chi connectivity index (χ1v) is 12.0. The quantitative estimate of drug-likeness (QED) is 0.515. The molecule has 3 rings (SSSR count). The number of piperidine rings is 1. The summed E-state index contributed by atoms with van der Waals surface area (Å²) >= 11 is 0. The van der Waals surface area contributed by atoms with Gasteiger partial charge >= 0.3 is 6.18 Å². The van der Waals surface area contributed by atoms with Gasteiger partial charge in [0.2, 0.25) is 5.91 Å². The van der Waals surface area contributed by atoms with Crippen molar-refractivity contribution in [3.05, 3.63) is 35.4 Å². The van der Waals surface area contributed by atoms with E-state index in [0.29, 0.717) is 32.2 Å². The number of carbonyl (C=O) groups excluding carboxylic acids is 1. The Bertz CT molecular complexity index is 753. The van der Waals surface area contributed by atoms with Crippen LogP contribution in [-0.4, -0.2) is 80.3 Å². The van der Waals surface area contributed by atoms with Gasteiger partial charge in [-0.3, -0.25) is 9.69 Å². The number of nitrogens with zero attached hydrogens (tertiary/aromatic N) is 2. The number of ether oxygens (including phenoxy) is 1. The summed E-state index contributed by atoms with van der Waals surface area (Å²) in [6.45, 7) is 7.00. The highest BCUT2D eigenvalue weighted by atomic mass is 19.4. The first kappa shape index (κ1) is 25.9. The van der Waals surface area contributed by atoms with E-state index in [1.807, 2.05) is 0 Å². The largest absolute Gasteiger partial charge is 0.416 e. The van der Waals surface area contributed by atoms with Crippen LogP contribution in [0.2, 0.25) is 0 Å². The van der Waals surface area contributed by atoms with Gasteiger partial charge in [-0.25, -0.2) is 0 Å². The maximum absolute atomic E-state index is 13.4. The molecule has 0 aliphatic carbocycles. The first-order chi connectivity index (χ1) is 15.8. The number of hydrogen-bond acceptors (Lipinski definition) is 5. The van der Waals surface area contributed by atoms with Crippen LogP contribution in [-0.2, 0) is 22.3 Å². The lowest BCUT2D eigenvalue weighted by molar-refractivity contribution is -0.138. The molecule has 2 fully saturated rings. The molecule has 2 atom stereocenters. The van der Waals surface area contributed by atoms with Crippen molar-refractivity contribution in [2.45, 2.75) is 63.5 Å². The number of rotatable bonds is 10. The standard InChI is InChI=1S/C24H37F3N4O2/c1-3-11-30-12-8-20(9-13-30)31-17-19(15-22(31)23(32)28-10-14-33-2)29-16-18-6-4-5-7-21(18)24(25,26)27/h4-7,19-20,22,29H,3,8-17H2,1-2H3,(H,28,32)/t19-,22+/m1/s1. The molecule has 0 radical (unpaired) electrons. The van der Waals surface area contributed by atoms with Crippen LogP contribution in [0.1, 0.15) is 43.7 Å². The molecule has 2 aliphatic rings. The van der Waals surface area contributed by atoms with Crippen LogP contribution >= 0.6 is 0 Å². The minimum atomic E-state index is -4.38. The average Bonchev–Trinajstić information content (AvgIpc) is 3.22. The van der Waals surface area contributed by atoms with Crippen molar-refractivity contribution in [2.24, 2.45) is 0 Å². The van der Waals surface area contributed by atoms with Gasteiger partial charge in [-0.05, 0) is 56.9 Å². The summed E-state index contributed by atoms with van der Waals surface area (Å²) in [6.07, 6.45) is -0.653. The van der Waals surface area contributed by atoms with Crippen LogP contribution < -0.4 is 10.6 Å². The molecule has 1 aromatic rings. The summed E-state index contributed by atoms with van der Waals surface area (Å²) < 4.78 is 45.1. The van der Waals surface area contributed by atoms with Crippen molar-refractivity contribution in [3.63, 3.8) is 0 Å². The number of alkyl halides is 3. The summed E-state index contributed by atoms with van der Waals surface area (Å²) in [6, 6.07) is 5.66. The van der Waals surface area contributed by atoms with Gasteiger partial charge in [0, 0.05) is 38.8 Å². The Morgan fingerprint density at radius 1 is 1.21 bits per heavy atom. The Kier molecular flexibility index (Phi) is 9.55. The van der Waals surface area contributed by atoms with E-state index in [0.717, 1.165) is 45.0 Å². The topological polar surface area (TPSA) is 56.8 Å². The highest BCUT2D eigenvalue weighted by Gasteiger charge is 2.41. The molecule has 2 aliphatic heterocycles. The molecular weight excluding hydrogens is 433 g/mol. The minimum absolute atomic E-state index is 0.0250. The SMILES string of the molecule is CCCN1CCC(N2C[C@H](NCc3ccccc3C(F)(F)F)C[C@H]2C(=O)NCCOC)CC1. The molecular formula is C24H37F3N4O2. The van der Waals surface area contributed by atoms with Crippen LogP contribution in [0.5, 0.6) is 0 Å². The zero-order valence-corrected chi connectivity index (χ0v) is 19.7. The van der Waals surface area contributed by atoms with Crippen molar-refractivity contribution in [1.29, 1.82) is 0 Å².